The molecule has 0 atom stereocenters. The summed E-state index contributed by atoms with van der Waals surface area (Å²) in [4.78, 5) is 10.6. The first kappa shape index (κ1) is 14.3. The summed E-state index contributed by atoms with van der Waals surface area (Å²) in [6.07, 6.45) is 5.16. The van der Waals surface area contributed by atoms with Crippen LogP contribution in [-0.4, -0.2) is 30.8 Å². The smallest absolute Gasteiger partial charge is 0.335 e. The zero-order chi connectivity index (χ0) is 13.2. The Morgan fingerprint density at radius 2 is 2.06 bits per heavy atom. The molecule has 1 aromatic rings. The summed E-state index contributed by atoms with van der Waals surface area (Å²) >= 11 is 0. The van der Waals surface area contributed by atoms with Gasteiger partial charge in [-0.25, -0.2) is 4.79 Å². The first-order valence-corrected chi connectivity index (χ1v) is 6.02. The lowest BCUT2D eigenvalue weighted by molar-refractivity contribution is 0.0697. The van der Waals surface area contributed by atoms with Crippen molar-refractivity contribution in [2.24, 2.45) is 0 Å². The van der Waals surface area contributed by atoms with Gasteiger partial charge < -0.3 is 15.2 Å². The molecule has 0 spiro atoms. The molecule has 0 unspecified atom stereocenters. The minimum atomic E-state index is -0.924. The summed E-state index contributed by atoms with van der Waals surface area (Å²) in [7, 11) is 0. The monoisotopic (exact) mass is 249 g/mol. The third-order valence-corrected chi connectivity index (χ3v) is 2.37. The van der Waals surface area contributed by atoms with Crippen LogP contribution in [0.1, 0.15) is 23.7 Å². The highest BCUT2D eigenvalue weighted by molar-refractivity contribution is 5.87. The Balaban J connectivity index is 2.17. The van der Waals surface area contributed by atoms with Crippen molar-refractivity contribution in [1.29, 1.82) is 0 Å². The summed E-state index contributed by atoms with van der Waals surface area (Å²) < 4.78 is 5.47. The van der Waals surface area contributed by atoms with Gasteiger partial charge in [-0.2, -0.15) is 0 Å². The Hall–Kier alpha value is -1.81. The zero-order valence-corrected chi connectivity index (χ0v) is 10.6. The zero-order valence-electron chi connectivity index (χ0n) is 10.6. The standard InChI is InChI=1S/C14H19NO3/c1-2-3-4-9-15-10-11-18-13-7-5-12(6-8-13)14(16)17/h2-3,5-8,15H,4,9-11H2,1H3,(H,16,17)/b3-2+. The van der Waals surface area contributed by atoms with E-state index >= 15 is 0 Å². The number of benzene rings is 1. The van der Waals surface area contributed by atoms with Gasteiger partial charge in [0.15, 0.2) is 0 Å². The van der Waals surface area contributed by atoms with Crippen molar-refractivity contribution < 1.29 is 14.6 Å². The molecular weight excluding hydrogens is 230 g/mol. The quantitative estimate of drug-likeness (QED) is 0.548. The lowest BCUT2D eigenvalue weighted by Gasteiger charge is -2.07. The molecule has 0 heterocycles. The number of hydrogen-bond donors (Lipinski definition) is 2. The molecule has 0 bridgehead atoms. The van der Waals surface area contributed by atoms with Crippen LogP contribution in [0.4, 0.5) is 0 Å². The van der Waals surface area contributed by atoms with E-state index in [2.05, 4.69) is 11.4 Å². The molecule has 0 saturated carbocycles. The summed E-state index contributed by atoms with van der Waals surface area (Å²) in [5, 5.41) is 12.0. The van der Waals surface area contributed by atoms with Crippen molar-refractivity contribution in [2.45, 2.75) is 13.3 Å². The fraction of sp³-hybridized carbons (Fsp3) is 0.357. The first-order valence-electron chi connectivity index (χ1n) is 6.02. The van der Waals surface area contributed by atoms with Gasteiger partial charge in [-0.05, 0) is 44.2 Å². The predicted molar refractivity (Wildman–Crippen MR) is 71.2 cm³/mol. The van der Waals surface area contributed by atoms with Crippen molar-refractivity contribution >= 4 is 5.97 Å². The number of rotatable bonds is 8. The number of hydrogen-bond acceptors (Lipinski definition) is 3. The van der Waals surface area contributed by atoms with Gasteiger partial charge >= 0.3 is 5.97 Å². The van der Waals surface area contributed by atoms with Gasteiger partial charge in [0.1, 0.15) is 12.4 Å². The van der Waals surface area contributed by atoms with Crippen molar-refractivity contribution in [2.75, 3.05) is 19.7 Å². The van der Waals surface area contributed by atoms with E-state index in [-0.39, 0.29) is 5.56 Å². The van der Waals surface area contributed by atoms with Gasteiger partial charge in [0.2, 0.25) is 0 Å². The van der Waals surface area contributed by atoms with Crippen LogP contribution in [0.15, 0.2) is 36.4 Å². The van der Waals surface area contributed by atoms with Crippen LogP contribution in [0.5, 0.6) is 5.75 Å². The molecule has 4 nitrogen and oxygen atoms in total. The van der Waals surface area contributed by atoms with Crippen LogP contribution >= 0.6 is 0 Å². The second-order valence-corrected chi connectivity index (χ2v) is 3.79. The second-order valence-electron chi connectivity index (χ2n) is 3.79. The normalized spacial score (nSPS) is 10.7. The predicted octanol–water partition coefficient (Wildman–Crippen LogP) is 2.32. The van der Waals surface area contributed by atoms with Gasteiger partial charge in [-0.3, -0.25) is 0 Å². The summed E-state index contributed by atoms with van der Waals surface area (Å²) in [5.41, 5.74) is 0.270. The molecule has 0 aromatic heterocycles. The van der Waals surface area contributed by atoms with Crippen molar-refractivity contribution in [3.8, 4) is 5.75 Å². The SMILES string of the molecule is C/C=C/CCNCCOc1ccc(C(=O)O)cc1. The molecule has 18 heavy (non-hydrogen) atoms. The Kier molecular flexibility index (Phi) is 6.58. The van der Waals surface area contributed by atoms with Crippen LogP contribution < -0.4 is 10.1 Å². The fourth-order valence-corrected chi connectivity index (χ4v) is 1.41. The number of carbonyl (C=O) groups is 1. The number of ether oxygens (including phenoxy) is 1. The Bertz CT molecular complexity index is 385. The number of aromatic carboxylic acids is 1. The van der Waals surface area contributed by atoms with Crippen molar-refractivity contribution in [3.05, 3.63) is 42.0 Å². The fourth-order valence-electron chi connectivity index (χ4n) is 1.41. The van der Waals surface area contributed by atoms with E-state index in [1.165, 1.54) is 12.1 Å². The van der Waals surface area contributed by atoms with Gasteiger partial charge in [0.25, 0.3) is 0 Å². The van der Waals surface area contributed by atoms with Gasteiger partial charge in [0.05, 0.1) is 5.56 Å². The third kappa shape index (κ3) is 5.50. The highest BCUT2D eigenvalue weighted by atomic mass is 16.5. The summed E-state index contributed by atoms with van der Waals surface area (Å²) in [5.74, 6) is -0.234. The molecule has 0 aliphatic heterocycles. The maximum Gasteiger partial charge on any atom is 0.335 e. The molecule has 0 saturated heterocycles. The maximum absolute atomic E-state index is 10.6. The lowest BCUT2D eigenvalue weighted by atomic mass is 10.2. The number of allylic oxidation sites excluding steroid dienone is 1. The maximum atomic E-state index is 10.6. The average Bonchev–Trinajstić information content (AvgIpc) is 2.38. The Morgan fingerprint density at radius 3 is 2.67 bits per heavy atom. The molecule has 0 amide bonds. The van der Waals surface area contributed by atoms with Crippen LogP contribution in [0.25, 0.3) is 0 Å². The number of carboxylic acids is 1. The highest BCUT2D eigenvalue weighted by Gasteiger charge is 2.01. The van der Waals surface area contributed by atoms with Gasteiger partial charge in [-0.1, -0.05) is 12.2 Å². The molecule has 98 valence electrons. The summed E-state index contributed by atoms with van der Waals surface area (Å²) in [6.45, 7) is 4.29. The Labute approximate surface area is 107 Å². The van der Waals surface area contributed by atoms with E-state index in [0.717, 1.165) is 19.5 Å². The van der Waals surface area contributed by atoms with Gasteiger partial charge in [-0.15, -0.1) is 0 Å². The molecule has 0 radical (unpaired) electrons. The molecule has 4 heteroatoms. The Morgan fingerprint density at radius 1 is 1.33 bits per heavy atom. The second kappa shape index (κ2) is 8.31. The van der Waals surface area contributed by atoms with E-state index in [9.17, 15) is 4.79 Å². The third-order valence-electron chi connectivity index (χ3n) is 2.37. The molecule has 1 rings (SSSR count). The number of nitrogens with one attached hydrogen (secondary N) is 1. The summed E-state index contributed by atoms with van der Waals surface area (Å²) in [6, 6.07) is 6.42. The largest absolute Gasteiger partial charge is 0.492 e. The van der Waals surface area contributed by atoms with Crippen LogP contribution in [0.3, 0.4) is 0 Å². The van der Waals surface area contributed by atoms with E-state index in [4.69, 9.17) is 9.84 Å². The molecule has 0 fully saturated rings. The number of carboxylic acid groups (broad SMARTS) is 1. The first-order chi connectivity index (χ1) is 8.74. The minimum Gasteiger partial charge on any atom is -0.492 e. The van der Waals surface area contributed by atoms with Crippen LogP contribution in [-0.2, 0) is 0 Å². The van der Waals surface area contributed by atoms with Crippen molar-refractivity contribution in [1.82, 2.24) is 5.32 Å². The molecule has 0 aliphatic carbocycles. The van der Waals surface area contributed by atoms with E-state index in [0.29, 0.717) is 12.4 Å². The highest BCUT2D eigenvalue weighted by Crippen LogP contribution is 2.11. The molecule has 2 N–H and O–H groups in total. The van der Waals surface area contributed by atoms with E-state index in [1.807, 2.05) is 13.0 Å². The molecular formula is C14H19NO3. The lowest BCUT2D eigenvalue weighted by Crippen LogP contribution is -2.21. The van der Waals surface area contributed by atoms with E-state index < -0.39 is 5.97 Å². The van der Waals surface area contributed by atoms with E-state index in [1.54, 1.807) is 12.1 Å². The molecule has 1 aromatic carbocycles. The average molecular weight is 249 g/mol. The topological polar surface area (TPSA) is 58.6 Å². The van der Waals surface area contributed by atoms with Crippen LogP contribution in [0.2, 0.25) is 0 Å². The van der Waals surface area contributed by atoms with Gasteiger partial charge in [0, 0.05) is 6.54 Å². The molecule has 0 aliphatic rings. The van der Waals surface area contributed by atoms with Crippen LogP contribution in [0, 0.1) is 0 Å². The van der Waals surface area contributed by atoms with Crippen molar-refractivity contribution in [3.63, 3.8) is 0 Å². The minimum absolute atomic E-state index is 0.270.